The molecule has 0 spiro atoms. The van der Waals surface area contributed by atoms with Crippen molar-refractivity contribution >= 4 is 29.8 Å². The maximum atomic E-state index is 13.7. The van der Waals surface area contributed by atoms with Crippen molar-refractivity contribution in [2.24, 2.45) is 5.73 Å². The van der Waals surface area contributed by atoms with Crippen LogP contribution in [0.25, 0.3) is 0 Å². The first-order valence-corrected chi connectivity index (χ1v) is 11.2. The summed E-state index contributed by atoms with van der Waals surface area (Å²) in [4.78, 5) is 64.0. The summed E-state index contributed by atoms with van der Waals surface area (Å²) in [7, 11) is 1.19. The number of ether oxygens (including phenoxy) is 2. The number of rotatable bonds is 10. The summed E-state index contributed by atoms with van der Waals surface area (Å²) in [5.74, 6) is -2.85. The van der Waals surface area contributed by atoms with Crippen molar-refractivity contribution in [3.8, 4) is 0 Å². The maximum Gasteiger partial charge on any atom is 0.408 e. The van der Waals surface area contributed by atoms with Gasteiger partial charge in [-0.3, -0.25) is 19.2 Å². The van der Waals surface area contributed by atoms with Gasteiger partial charge in [0.25, 0.3) is 0 Å². The molecule has 11 heteroatoms. The molecule has 1 aromatic rings. The molecule has 2 unspecified atom stereocenters. The van der Waals surface area contributed by atoms with Crippen LogP contribution in [0, 0.1) is 6.92 Å². The second-order valence-corrected chi connectivity index (χ2v) is 9.26. The highest BCUT2D eigenvalue weighted by atomic mass is 16.6. The quantitative estimate of drug-likeness (QED) is 0.416. The van der Waals surface area contributed by atoms with E-state index in [0.717, 1.165) is 5.56 Å². The van der Waals surface area contributed by atoms with E-state index < -0.39 is 66.5 Å². The summed E-state index contributed by atoms with van der Waals surface area (Å²) >= 11 is 0. The van der Waals surface area contributed by atoms with Gasteiger partial charge < -0.3 is 30.7 Å². The van der Waals surface area contributed by atoms with Gasteiger partial charge in [-0.05, 0) is 52.7 Å². The number of nitrogens with two attached hydrogens (primary N) is 1. The van der Waals surface area contributed by atoms with E-state index in [-0.39, 0.29) is 0 Å². The summed E-state index contributed by atoms with van der Waals surface area (Å²) in [6.45, 7) is 9.70. The Morgan fingerprint density at radius 2 is 1.69 bits per heavy atom. The van der Waals surface area contributed by atoms with Crippen LogP contribution in [0.5, 0.6) is 0 Å². The Morgan fingerprint density at radius 1 is 1.09 bits per heavy atom. The van der Waals surface area contributed by atoms with E-state index in [0.29, 0.717) is 5.56 Å². The van der Waals surface area contributed by atoms with Crippen molar-refractivity contribution < 1.29 is 33.4 Å². The van der Waals surface area contributed by atoms with E-state index in [4.69, 9.17) is 10.5 Å². The molecule has 0 saturated carbocycles. The molecule has 0 aliphatic rings. The molecule has 2 atom stereocenters. The minimum absolute atomic E-state index is 0.404. The zero-order valence-corrected chi connectivity index (χ0v) is 21.3. The topological polar surface area (TPSA) is 157 Å². The lowest BCUT2D eigenvalue weighted by atomic mass is 9.96. The summed E-state index contributed by atoms with van der Waals surface area (Å²) in [6.07, 6.45) is -1.42. The predicted octanol–water partition coefficient (Wildman–Crippen LogP) is 1.33. The molecule has 1 aromatic carbocycles. The van der Waals surface area contributed by atoms with Crippen LogP contribution in [0.3, 0.4) is 0 Å². The summed E-state index contributed by atoms with van der Waals surface area (Å²) in [5.41, 5.74) is 5.72. The average molecular weight is 493 g/mol. The summed E-state index contributed by atoms with van der Waals surface area (Å²) in [6, 6.07) is 3.85. The number of benzene rings is 1. The lowest BCUT2D eigenvalue weighted by Gasteiger charge is -2.37. The number of hydrogen-bond acceptors (Lipinski definition) is 7. The highest BCUT2D eigenvalue weighted by Gasteiger charge is 2.39. The van der Waals surface area contributed by atoms with Gasteiger partial charge in [-0.2, -0.15) is 0 Å². The number of hydrogen-bond donors (Lipinski definition) is 3. The second-order valence-electron chi connectivity index (χ2n) is 9.26. The van der Waals surface area contributed by atoms with Gasteiger partial charge in [0.05, 0.1) is 13.5 Å². The molecule has 0 saturated heterocycles. The first kappa shape index (κ1) is 29.4. The Labute approximate surface area is 205 Å². The lowest BCUT2D eigenvalue weighted by molar-refractivity contribution is -0.146. The molecule has 35 heavy (non-hydrogen) atoms. The molecular weight excluding hydrogens is 456 g/mol. The van der Waals surface area contributed by atoms with Crippen LogP contribution >= 0.6 is 0 Å². The Kier molecular flexibility index (Phi) is 10.7. The van der Waals surface area contributed by atoms with Crippen molar-refractivity contribution in [1.82, 2.24) is 15.5 Å². The fourth-order valence-corrected chi connectivity index (χ4v) is 3.35. The van der Waals surface area contributed by atoms with Crippen LogP contribution in [0.1, 0.15) is 58.2 Å². The molecule has 0 aromatic heterocycles. The van der Waals surface area contributed by atoms with Crippen LogP contribution in [0.2, 0.25) is 0 Å². The molecule has 0 bridgehead atoms. The first-order chi connectivity index (χ1) is 16.2. The lowest BCUT2D eigenvalue weighted by Crippen LogP contribution is -2.56. The number of methoxy groups -OCH3 is 1. The third-order valence-corrected chi connectivity index (χ3v) is 4.85. The number of nitrogens with zero attached hydrogens (tertiary/aromatic N) is 1. The smallest absolute Gasteiger partial charge is 0.408 e. The molecule has 0 fully saturated rings. The van der Waals surface area contributed by atoms with Gasteiger partial charge in [-0.1, -0.05) is 24.3 Å². The first-order valence-electron chi connectivity index (χ1n) is 11.2. The van der Waals surface area contributed by atoms with Gasteiger partial charge in [-0.15, -0.1) is 0 Å². The second kappa shape index (κ2) is 12.7. The summed E-state index contributed by atoms with van der Waals surface area (Å²) < 4.78 is 9.81. The molecule has 11 nitrogen and oxygen atoms in total. The standard InChI is InChI=1S/C24H36N4O7/c1-14(2)28(22(32)17(12-18(25)29)27-23(33)35-24(4,5)6)20(16-11-9-8-10-15(16)3)21(31)26-13-19(30)34-7/h8-11,14,17,20H,12-13H2,1-7H3,(H2,25,29)(H,26,31)(H,27,33). The number of esters is 1. The fraction of sp³-hybridized carbons (Fsp3) is 0.542. The third kappa shape index (κ3) is 9.26. The molecular formula is C24H36N4O7. The van der Waals surface area contributed by atoms with Crippen LogP contribution in [0.4, 0.5) is 4.79 Å². The largest absolute Gasteiger partial charge is 0.468 e. The van der Waals surface area contributed by atoms with E-state index in [1.807, 2.05) is 0 Å². The Bertz CT molecular complexity index is 940. The highest BCUT2D eigenvalue weighted by molar-refractivity contribution is 5.95. The van der Waals surface area contributed by atoms with Crippen LogP contribution in [0.15, 0.2) is 24.3 Å². The third-order valence-electron chi connectivity index (χ3n) is 4.85. The van der Waals surface area contributed by atoms with Crippen molar-refractivity contribution in [2.45, 2.75) is 71.7 Å². The van der Waals surface area contributed by atoms with Gasteiger partial charge >= 0.3 is 12.1 Å². The van der Waals surface area contributed by atoms with Gasteiger partial charge in [-0.25, -0.2) is 4.79 Å². The van der Waals surface area contributed by atoms with Crippen LogP contribution in [-0.4, -0.2) is 66.0 Å². The van der Waals surface area contributed by atoms with Gasteiger partial charge in [0.2, 0.25) is 17.7 Å². The monoisotopic (exact) mass is 492 g/mol. The SMILES string of the molecule is COC(=O)CNC(=O)C(c1ccccc1C)N(C(=O)C(CC(N)=O)NC(=O)OC(C)(C)C)C(C)C. The minimum atomic E-state index is -1.38. The van der Waals surface area contributed by atoms with Crippen molar-refractivity contribution in [3.63, 3.8) is 0 Å². The maximum absolute atomic E-state index is 13.7. The molecule has 194 valence electrons. The minimum Gasteiger partial charge on any atom is -0.468 e. The number of primary amides is 1. The Balaban J connectivity index is 3.47. The van der Waals surface area contributed by atoms with E-state index >= 15 is 0 Å². The molecule has 4 amide bonds. The number of carbonyl (C=O) groups is 5. The van der Waals surface area contributed by atoms with Crippen molar-refractivity contribution in [2.75, 3.05) is 13.7 Å². The van der Waals surface area contributed by atoms with E-state index in [1.165, 1.54) is 12.0 Å². The molecule has 0 aliphatic carbocycles. The van der Waals surface area contributed by atoms with Gasteiger partial charge in [0.1, 0.15) is 24.2 Å². The van der Waals surface area contributed by atoms with Crippen molar-refractivity contribution in [3.05, 3.63) is 35.4 Å². The van der Waals surface area contributed by atoms with E-state index in [1.54, 1.807) is 65.8 Å². The number of nitrogens with one attached hydrogen (secondary N) is 2. The molecule has 0 heterocycles. The number of alkyl carbamates (subject to hydrolysis) is 1. The van der Waals surface area contributed by atoms with Gasteiger partial charge in [0, 0.05) is 6.04 Å². The van der Waals surface area contributed by atoms with E-state index in [2.05, 4.69) is 15.4 Å². The van der Waals surface area contributed by atoms with E-state index in [9.17, 15) is 24.0 Å². The Hall–Kier alpha value is -3.63. The normalized spacial score (nSPS) is 12.8. The molecule has 1 rings (SSSR count). The summed E-state index contributed by atoms with van der Waals surface area (Å²) in [5, 5.41) is 4.89. The predicted molar refractivity (Wildman–Crippen MR) is 128 cm³/mol. The fourth-order valence-electron chi connectivity index (χ4n) is 3.35. The van der Waals surface area contributed by atoms with Crippen LogP contribution < -0.4 is 16.4 Å². The average Bonchev–Trinajstić information content (AvgIpc) is 2.73. The molecule has 0 aliphatic heterocycles. The number of carbonyl (C=O) groups excluding carboxylic acids is 5. The molecule has 4 N–H and O–H groups in total. The van der Waals surface area contributed by atoms with Crippen molar-refractivity contribution in [1.29, 1.82) is 0 Å². The molecule has 0 radical (unpaired) electrons. The zero-order chi connectivity index (χ0) is 26.9. The van der Waals surface area contributed by atoms with Gasteiger partial charge in [0.15, 0.2) is 0 Å². The number of aryl methyl sites for hydroxylation is 1. The zero-order valence-electron chi connectivity index (χ0n) is 21.3. The van der Waals surface area contributed by atoms with Crippen LogP contribution in [-0.2, 0) is 28.7 Å². The Morgan fingerprint density at radius 3 is 2.17 bits per heavy atom. The highest BCUT2D eigenvalue weighted by Crippen LogP contribution is 2.27. The number of amides is 4.